The predicted octanol–water partition coefficient (Wildman–Crippen LogP) is 1.44. The number of nitrogens with two attached hydrogens (primary N) is 1. The molecule has 0 amide bonds. The molecule has 0 spiro atoms. The average Bonchev–Trinajstić information content (AvgIpc) is 2.80. The number of benzene rings is 1. The molecule has 0 fully saturated rings. The molecule has 18 heavy (non-hydrogen) atoms. The van der Waals surface area contributed by atoms with Crippen LogP contribution in [0.25, 0.3) is 0 Å². The molecular weight excluding hydrogens is 231 g/mol. The van der Waals surface area contributed by atoms with Crippen LogP contribution in [0, 0.1) is 17.1 Å². The van der Waals surface area contributed by atoms with Crippen molar-refractivity contribution in [2.75, 3.05) is 6.54 Å². The molecule has 0 bridgehead atoms. The van der Waals surface area contributed by atoms with Crippen LogP contribution in [-0.4, -0.2) is 16.1 Å². The Labute approximate surface area is 104 Å². The molecule has 2 aromatic rings. The molecule has 1 heterocycles. The third-order valence-corrected chi connectivity index (χ3v) is 2.62. The molecule has 0 radical (unpaired) electrons. The van der Waals surface area contributed by atoms with Gasteiger partial charge in [-0.15, -0.1) is 0 Å². The summed E-state index contributed by atoms with van der Waals surface area (Å²) in [5.41, 5.74) is 7.19. The van der Waals surface area contributed by atoms with Crippen molar-refractivity contribution in [3.05, 3.63) is 53.4 Å². The second-order valence-corrected chi connectivity index (χ2v) is 3.99. The van der Waals surface area contributed by atoms with Gasteiger partial charge in [-0.2, -0.15) is 5.26 Å². The lowest BCUT2D eigenvalue weighted by Crippen LogP contribution is -2.03. The van der Waals surface area contributed by atoms with E-state index in [2.05, 4.69) is 4.98 Å². The number of rotatable bonds is 4. The van der Waals surface area contributed by atoms with E-state index in [0.29, 0.717) is 30.6 Å². The highest BCUT2D eigenvalue weighted by Crippen LogP contribution is 2.12. The molecule has 2 N–H and O–H groups in total. The van der Waals surface area contributed by atoms with Gasteiger partial charge in [0.15, 0.2) is 0 Å². The molecule has 1 aromatic carbocycles. The third kappa shape index (κ3) is 2.73. The first-order chi connectivity index (χ1) is 8.72. The molecular formula is C13H13FN4. The van der Waals surface area contributed by atoms with Gasteiger partial charge in [0.2, 0.25) is 0 Å². The van der Waals surface area contributed by atoms with Crippen LogP contribution >= 0.6 is 0 Å². The van der Waals surface area contributed by atoms with Crippen LogP contribution in [0.5, 0.6) is 0 Å². The Balaban J connectivity index is 2.15. The van der Waals surface area contributed by atoms with Crippen LogP contribution in [0.3, 0.4) is 0 Å². The Morgan fingerprint density at radius 2 is 2.28 bits per heavy atom. The summed E-state index contributed by atoms with van der Waals surface area (Å²) in [5, 5.41) is 8.66. The van der Waals surface area contributed by atoms with Crippen molar-refractivity contribution >= 4 is 0 Å². The van der Waals surface area contributed by atoms with Gasteiger partial charge in [-0.25, -0.2) is 9.37 Å². The fraction of sp³-hybridized carbons (Fsp3) is 0.231. The van der Waals surface area contributed by atoms with E-state index in [4.69, 9.17) is 11.0 Å². The third-order valence-electron chi connectivity index (χ3n) is 2.62. The molecule has 0 saturated heterocycles. The quantitative estimate of drug-likeness (QED) is 0.885. The van der Waals surface area contributed by atoms with E-state index in [9.17, 15) is 4.39 Å². The van der Waals surface area contributed by atoms with E-state index in [1.807, 2.05) is 12.3 Å². The van der Waals surface area contributed by atoms with Crippen LogP contribution in [0.1, 0.15) is 16.8 Å². The predicted molar refractivity (Wildman–Crippen MR) is 65.2 cm³/mol. The Bertz CT molecular complexity index is 583. The van der Waals surface area contributed by atoms with Crippen LogP contribution < -0.4 is 5.73 Å². The SMILES string of the molecule is N#Cc1ccc(Cn2cnc(CCN)c2)c(F)c1. The molecule has 92 valence electrons. The zero-order valence-corrected chi connectivity index (χ0v) is 9.81. The largest absolute Gasteiger partial charge is 0.333 e. The van der Waals surface area contributed by atoms with Crippen LogP contribution in [-0.2, 0) is 13.0 Å². The summed E-state index contributed by atoms with van der Waals surface area (Å²) in [6.45, 7) is 0.942. The van der Waals surface area contributed by atoms with Gasteiger partial charge in [0.05, 0.1) is 30.2 Å². The summed E-state index contributed by atoms with van der Waals surface area (Å²) >= 11 is 0. The maximum Gasteiger partial charge on any atom is 0.129 e. The summed E-state index contributed by atoms with van der Waals surface area (Å²) < 4.78 is 15.5. The summed E-state index contributed by atoms with van der Waals surface area (Å²) in [6, 6.07) is 6.38. The van der Waals surface area contributed by atoms with E-state index in [0.717, 1.165) is 5.69 Å². The van der Waals surface area contributed by atoms with Gasteiger partial charge in [0, 0.05) is 18.2 Å². The lowest BCUT2D eigenvalue weighted by molar-refractivity contribution is 0.599. The fourth-order valence-electron chi connectivity index (χ4n) is 1.71. The zero-order valence-electron chi connectivity index (χ0n) is 9.81. The summed E-state index contributed by atoms with van der Waals surface area (Å²) in [7, 11) is 0. The number of halogens is 1. The first kappa shape index (κ1) is 12.3. The highest BCUT2D eigenvalue weighted by Gasteiger charge is 2.05. The lowest BCUT2D eigenvalue weighted by atomic mass is 10.1. The van der Waals surface area contributed by atoms with Crippen LogP contribution in [0.15, 0.2) is 30.7 Å². The Hall–Kier alpha value is -2.19. The second-order valence-electron chi connectivity index (χ2n) is 3.99. The van der Waals surface area contributed by atoms with E-state index < -0.39 is 0 Å². The molecule has 0 unspecified atom stereocenters. The normalized spacial score (nSPS) is 10.3. The van der Waals surface area contributed by atoms with Gasteiger partial charge in [0.25, 0.3) is 0 Å². The van der Waals surface area contributed by atoms with Gasteiger partial charge in [-0.05, 0) is 18.7 Å². The number of nitriles is 1. The molecule has 0 aliphatic heterocycles. The maximum atomic E-state index is 13.7. The standard InChI is InChI=1S/C13H13FN4/c14-13-5-10(6-16)1-2-11(13)7-18-8-12(3-4-15)17-9-18/h1-2,5,8-9H,3-4,7,15H2. The highest BCUT2D eigenvalue weighted by molar-refractivity contribution is 5.33. The first-order valence-electron chi connectivity index (χ1n) is 5.62. The monoisotopic (exact) mass is 244 g/mol. The number of hydrogen-bond acceptors (Lipinski definition) is 3. The van der Waals surface area contributed by atoms with Crippen LogP contribution in [0.2, 0.25) is 0 Å². The van der Waals surface area contributed by atoms with Crippen LogP contribution in [0.4, 0.5) is 4.39 Å². The fourth-order valence-corrected chi connectivity index (χ4v) is 1.71. The van der Waals surface area contributed by atoms with Crippen molar-refractivity contribution in [3.63, 3.8) is 0 Å². The van der Waals surface area contributed by atoms with Gasteiger partial charge >= 0.3 is 0 Å². The Morgan fingerprint density at radius 3 is 2.94 bits per heavy atom. The van der Waals surface area contributed by atoms with Gasteiger partial charge in [0.1, 0.15) is 5.82 Å². The number of aromatic nitrogens is 2. The van der Waals surface area contributed by atoms with E-state index in [1.54, 1.807) is 23.0 Å². The van der Waals surface area contributed by atoms with Crippen molar-refractivity contribution < 1.29 is 4.39 Å². The summed E-state index contributed by atoms with van der Waals surface area (Å²) in [4.78, 5) is 4.17. The Morgan fingerprint density at radius 1 is 1.44 bits per heavy atom. The Kier molecular flexibility index (Phi) is 3.70. The van der Waals surface area contributed by atoms with Gasteiger partial charge in [-0.1, -0.05) is 6.07 Å². The molecule has 4 nitrogen and oxygen atoms in total. The molecule has 0 aliphatic carbocycles. The first-order valence-corrected chi connectivity index (χ1v) is 5.62. The minimum atomic E-state index is -0.372. The zero-order chi connectivity index (χ0) is 13.0. The van der Waals surface area contributed by atoms with Crippen molar-refractivity contribution in [1.82, 2.24) is 9.55 Å². The summed E-state index contributed by atoms with van der Waals surface area (Å²) in [6.07, 6.45) is 4.22. The van der Waals surface area contributed by atoms with Gasteiger partial charge in [-0.3, -0.25) is 0 Å². The molecule has 2 rings (SSSR count). The molecule has 5 heteroatoms. The van der Waals surface area contributed by atoms with E-state index in [1.165, 1.54) is 6.07 Å². The topological polar surface area (TPSA) is 67.6 Å². The molecule has 0 saturated carbocycles. The minimum absolute atomic E-state index is 0.325. The second kappa shape index (κ2) is 5.43. The molecule has 0 atom stereocenters. The molecule has 0 aliphatic rings. The highest BCUT2D eigenvalue weighted by atomic mass is 19.1. The van der Waals surface area contributed by atoms with E-state index in [-0.39, 0.29) is 5.82 Å². The summed E-state index contributed by atoms with van der Waals surface area (Å²) in [5.74, 6) is -0.372. The number of hydrogen-bond donors (Lipinski definition) is 1. The van der Waals surface area contributed by atoms with Gasteiger partial charge < -0.3 is 10.3 Å². The van der Waals surface area contributed by atoms with E-state index >= 15 is 0 Å². The maximum absolute atomic E-state index is 13.7. The van der Waals surface area contributed by atoms with Crippen molar-refractivity contribution in [2.24, 2.45) is 5.73 Å². The smallest absolute Gasteiger partial charge is 0.129 e. The molecule has 1 aromatic heterocycles. The number of imidazole rings is 1. The van der Waals surface area contributed by atoms with Crippen molar-refractivity contribution in [1.29, 1.82) is 5.26 Å². The minimum Gasteiger partial charge on any atom is -0.333 e. The average molecular weight is 244 g/mol. The number of nitrogens with zero attached hydrogens (tertiary/aromatic N) is 3. The van der Waals surface area contributed by atoms with Crippen molar-refractivity contribution in [2.45, 2.75) is 13.0 Å². The lowest BCUT2D eigenvalue weighted by Gasteiger charge is -2.04. The van der Waals surface area contributed by atoms with Crippen molar-refractivity contribution in [3.8, 4) is 6.07 Å².